The Labute approximate surface area is 97.5 Å². The van der Waals surface area contributed by atoms with Crippen LogP contribution in [0.4, 0.5) is 0 Å². The highest BCUT2D eigenvalue weighted by molar-refractivity contribution is 5.74. The third-order valence-corrected chi connectivity index (χ3v) is 2.27. The third kappa shape index (κ3) is 8.64. The zero-order chi connectivity index (χ0) is 12.6. The van der Waals surface area contributed by atoms with Gasteiger partial charge in [-0.05, 0) is 40.2 Å². The molecule has 16 heavy (non-hydrogen) atoms. The molecule has 0 radical (unpaired) electrons. The summed E-state index contributed by atoms with van der Waals surface area (Å²) in [5.74, 6) is -0.448. The first-order valence-electron chi connectivity index (χ1n) is 5.61. The monoisotopic (exact) mass is 232 g/mol. The Morgan fingerprint density at radius 3 is 2.56 bits per heavy atom. The SMILES string of the molecule is CC(CCOC(C)(C)CCN)OCC(N)=O. The molecule has 1 unspecified atom stereocenters. The predicted molar refractivity (Wildman–Crippen MR) is 62.9 cm³/mol. The molecule has 1 atom stereocenters. The van der Waals surface area contributed by atoms with E-state index >= 15 is 0 Å². The number of nitrogens with two attached hydrogens (primary N) is 2. The van der Waals surface area contributed by atoms with Crippen LogP contribution in [0.15, 0.2) is 0 Å². The molecular formula is C11H24N2O3. The Kier molecular flexibility index (Phi) is 7.29. The van der Waals surface area contributed by atoms with Gasteiger partial charge in [0.25, 0.3) is 0 Å². The molecule has 1 amide bonds. The van der Waals surface area contributed by atoms with Crippen LogP contribution in [0.3, 0.4) is 0 Å². The van der Waals surface area contributed by atoms with Gasteiger partial charge in [-0.2, -0.15) is 0 Å². The van der Waals surface area contributed by atoms with Gasteiger partial charge < -0.3 is 20.9 Å². The highest BCUT2D eigenvalue weighted by Crippen LogP contribution is 2.14. The van der Waals surface area contributed by atoms with Crippen LogP contribution in [0, 0.1) is 0 Å². The predicted octanol–water partition coefficient (Wildman–Crippen LogP) is 0.411. The van der Waals surface area contributed by atoms with Gasteiger partial charge >= 0.3 is 0 Å². The molecule has 0 aliphatic heterocycles. The fraction of sp³-hybridized carbons (Fsp3) is 0.909. The lowest BCUT2D eigenvalue weighted by Gasteiger charge is -2.25. The van der Waals surface area contributed by atoms with Crippen LogP contribution in [0.2, 0.25) is 0 Å². The van der Waals surface area contributed by atoms with E-state index in [4.69, 9.17) is 20.9 Å². The maximum absolute atomic E-state index is 10.5. The molecule has 0 spiro atoms. The second-order valence-electron chi connectivity index (χ2n) is 4.52. The van der Waals surface area contributed by atoms with Crippen molar-refractivity contribution in [1.82, 2.24) is 0 Å². The van der Waals surface area contributed by atoms with E-state index in [1.807, 2.05) is 20.8 Å². The highest BCUT2D eigenvalue weighted by Gasteiger charge is 2.17. The number of amides is 1. The molecule has 96 valence electrons. The van der Waals surface area contributed by atoms with E-state index in [0.717, 1.165) is 12.8 Å². The summed E-state index contributed by atoms with van der Waals surface area (Å²) in [7, 11) is 0. The number of hydrogen-bond acceptors (Lipinski definition) is 4. The molecule has 0 aromatic heterocycles. The van der Waals surface area contributed by atoms with Crippen LogP contribution in [0.25, 0.3) is 0 Å². The van der Waals surface area contributed by atoms with Crippen molar-refractivity contribution in [3.05, 3.63) is 0 Å². The number of carbonyl (C=O) groups excluding carboxylic acids is 1. The van der Waals surface area contributed by atoms with Crippen LogP contribution in [0.5, 0.6) is 0 Å². The summed E-state index contributed by atoms with van der Waals surface area (Å²) >= 11 is 0. The minimum atomic E-state index is -0.448. The number of rotatable bonds is 9. The van der Waals surface area contributed by atoms with E-state index in [9.17, 15) is 4.79 Å². The molecule has 5 heteroatoms. The van der Waals surface area contributed by atoms with Gasteiger partial charge in [0, 0.05) is 6.61 Å². The summed E-state index contributed by atoms with van der Waals surface area (Å²) in [6.07, 6.45) is 1.53. The Morgan fingerprint density at radius 2 is 2.06 bits per heavy atom. The van der Waals surface area contributed by atoms with Crippen LogP contribution in [0.1, 0.15) is 33.6 Å². The summed E-state index contributed by atoms with van der Waals surface area (Å²) in [5, 5.41) is 0. The van der Waals surface area contributed by atoms with Crippen molar-refractivity contribution >= 4 is 5.91 Å². The summed E-state index contributed by atoms with van der Waals surface area (Å²) in [6.45, 7) is 7.08. The molecule has 0 aromatic carbocycles. The lowest BCUT2D eigenvalue weighted by atomic mass is 10.1. The van der Waals surface area contributed by atoms with Crippen molar-refractivity contribution in [2.75, 3.05) is 19.8 Å². The van der Waals surface area contributed by atoms with Crippen molar-refractivity contribution in [2.45, 2.75) is 45.3 Å². The molecule has 5 nitrogen and oxygen atoms in total. The van der Waals surface area contributed by atoms with Gasteiger partial charge in [-0.15, -0.1) is 0 Å². The van der Waals surface area contributed by atoms with Crippen molar-refractivity contribution < 1.29 is 14.3 Å². The molecule has 0 saturated heterocycles. The van der Waals surface area contributed by atoms with Crippen LogP contribution < -0.4 is 11.5 Å². The van der Waals surface area contributed by atoms with Crippen molar-refractivity contribution in [2.24, 2.45) is 11.5 Å². The number of ether oxygens (including phenoxy) is 2. The van der Waals surface area contributed by atoms with Gasteiger partial charge in [0.1, 0.15) is 6.61 Å². The average molecular weight is 232 g/mol. The van der Waals surface area contributed by atoms with E-state index in [1.54, 1.807) is 0 Å². The Hall–Kier alpha value is -0.650. The first-order chi connectivity index (χ1) is 7.37. The van der Waals surface area contributed by atoms with E-state index in [-0.39, 0.29) is 18.3 Å². The summed E-state index contributed by atoms with van der Waals surface area (Å²) in [4.78, 5) is 10.5. The van der Waals surface area contributed by atoms with Gasteiger partial charge in [0.15, 0.2) is 0 Å². The van der Waals surface area contributed by atoms with Gasteiger partial charge in [0.2, 0.25) is 5.91 Å². The molecule has 0 saturated carbocycles. The molecule has 4 N–H and O–H groups in total. The fourth-order valence-electron chi connectivity index (χ4n) is 1.23. The Morgan fingerprint density at radius 1 is 1.44 bits per heavy atom. The zero-order valence-corrected chi connectivity index (χ0v) is 10.5. The smallest absolute Gasteiger partial charge is 0.243 e. The largest absolute Gasteiger partial charge is 0.375 e. The quantitative estimate of drug-likeness (QED) is 0.602. The van der Waals surface area contributed by atoms with Gasteiger partial charge in [-0.25, -0.2) is 0 Å². The molecule has 0 fully saturated rings. The fourth-order valence-corrected chi connectivity index (χ4v) is 1.23. The van der Waals surface area contributed by atoms with Crippen molar-refractivity contribution in [1.29, 1.82) is 0 Å². The number of carbonyl (C=O) groups is 1. The molecular weight excluding hydrogens is 208 g/mol. The van der Waals surface area contributed by atoms with E-state index in [2.05, 4.69) is 0 Å². The summed E-state index contributed by atoms with van der Waals surface area (Å²) < 4.78 is 10.9. The normalized spacial score (nSPS) is 13.8. The number of hydrogen-bond donors (Lipinski definition) is 2. The second kappa shape index (κ2) is 7.60. The average Bonchev–Trinajstić information content (AvgIpc) is 2.14. The standard InChI is InChI=1S/C11H24N2O3/c1-9(15-8-10(13)14)4-7-16-11(2,3)5-6-12/h9H,4-8,12H2,1-3H3,(H2,13,14). The Bertz CT molecular complexity index is 207. The molecule has 0 aliphatic carbocycles. The topological polar surface area (TPSA) is 87.6 Å². The van der Waals surface area contributed by atoms with E-state index in [0.29, 0.717) is 13.2 Å². The molecule has 0 rings (SSSR count). The summed E-state index contributed by atoms with van der Waals surface area (Å²) in [6, 6.07) is 0. The lowest BCUT2D eigenvalue weighted by molar-refractivity contribution is -0.125. The van der Waals surface area contributed by atoms with Crippen molar-refractivity contribution in [3.8, 4) is 0 Å². The zero-order valence-electron chi connectivity index (χ0n) is 10.5. The van der Waals surface area contributed by atoms with E-state index < -0.39 is 5.91 Å². The Balaban J connectivity index is 3.60. The van der Waals surface area contributed by atoms with Gasteiger partial charge in [-0.1, -0.05) is 0 Å². The molecule has 0 aliphatic rings. The first kappa shape index (κ1) is 15.3. The number of primary amides is 1. The maximum Gasteiger partial charge on any atom is 0.243 e. The molecule has 0 aromatic rings. The summed E-state index contributed by atoms with van der Waals surface area (Å²) in [5.41, 5.74) is 10.2. The highest BCUT2D eigenvalue weighted by atomic mass is 16.5. The molecule has 0 heterocycles. The lowest BCUT2D eigenvalue weighted by Crippen LogP contribution is -2.29. The van der Waals surface area contributed by atoms with Crippen LogP contribution in [-0.2, 0) is 14.3 Å². The molecule has 0 bridgehead atoms. The maximum atomic E-state index is 10.5. The third-order valence-electron chi connectivity index (χ3n) is 2.27. The first-order valence-corrected chi connectivity index (χ1v) is 5.61. The van der Waals surface area contributed by atoms with Crippen LogP contribution >= 0.6 is 0 Å². The van der Waals surface area contributed by atoms with Crippen LogP contribution in [-0.4, -0.2) is 37.4 Å². The minimum Gasteiger partial charge on any atom is -0.375 e. The minimum absolute atomic E-state index is 0.0267. The van der Waals surface area contributed by atoms with Gasteiger partial charge in [0.05, 0.1) is 11.7 Å². The van der Waals surface area contributed by atoms with Crippen molar-refractivity contribution in [3.63, 3.8) is 0 Å². The second-order valence-corrected chi connectivity index (χ2v) is 4.52. The van der Waals surface area contributed by atoms with Gasteiger partial charge in [-0.3, -0.25) is 4.79 Å². The van der Waals surface area contributed by atoms with E-state index in [1.165, 1.54) is 0 Å².